The number of anilines is 4. The van der Waals surface area contributed by atoms with Crippen LogP contribution in [0.5, 0.6) is 5.75 Å². The number of nitriles is 1. The lowest BCUT2D eigenvalue weighted by Crippen LogP contribution is -2.21. The van der Waals surface area contributed by atoms with Crippen molar-refractivity contribution in [2.24, 2.45) is 0 Å². The second-order valence-corrected chi connectivity index (χ2v) is 6.72. The molecule has 0 bridgehead atoms. The summed E-state index contributed by atoms with van der Waals surface area (Å²) in [4.78, 5) is 20.7. The summed E-state index contributed by atoms with van der Waals surface area (Å²) in [5.74, 6) is -0.832. The van der Waals surface area contributed by atoms with E-state index in [0.717, 1.165) is 12.4 Å². The van der Waals surface area contributed by atoms with Crippen LogP contribution < -0.4 is 20.7 Å². The van der Waals surface area contributed by atoms with Crippen LogP contribution in [-0.4, -0.2) is 50.4 Å². The maximum Gasteiger partial charge on any atom is 0.273 e. The fraction of sp³-hybridized carbons (Fsp3) is 0.0909. The molecular weight excluding hydrogens is 455 g/mol. The van der Waals surface area contributed by atoms with Gasteiger partial charge in [0.2, 0.25) is 0 Å². The Morgan fingerprint density at radius 3 is 2.54 bits per heavy atom. The number of hydrogen-bond donors (Lipinski definition) is 3. The third-order valence-electron chi connectivity index (χ3n) is 4.51. The standard InChI is InChI=1S/C22H17FN10O2/c1-25-22(34)19-16(8-18(32-33-19)29-17-7-6-13(9-24)30-31-17)28-15-5-3-4-14(20(15)35-2)21-26-10-12(23)11-27-21/h3-8,10-11H,1-2H3,(H,25,34)(H2,28,29,31,32)/i1D3. The van der Waals surface area contributed by atoms with Crippen molar-refractivity contribution in [1.82, 2.24) is 35.7 Å². The van der Waals surface area contributed by atoms with Gasteiger partial charge in [0.25, 0.3) is 5.91 Å². The lowest BCUT2D eigenvalue weighted by molar-refractivity contribution is 0.0958. The Kier molecular flexibility index (Phi) is 5.57. The van der Waals surface area contributed by atoms with E-state index >= 15 is 0 Å². The van der Waals surface area contributed by atoms with Crippen molar-refractivity contribution >= 4 is 28.9 Å². The first-order valence-electron chi connectivity index (χ1n) is 11.3. The molecule has 1 aromatic carbocycles. The maximum atomic E-state index is 13.3. The highest BCUT2D eigenvalue weighted by Gasteiger charge is 2.19. The topological polar surface area (TPSA) is 164 Å². The molecule has 0 saturated heterocycles. The number of carbonyl (C=O) groups is 1. The van der Waals surface area contributed by atoms with E-state index in [9.17, 15) is 9.18 Å². The average Bonchev–Trinajstić information content (AvgIpc) is 2.88. The van der Waals surface area contributed by atoms with Gasteiger partial charge in [-0.1, -0.05) is 6.07 Å². The molecule has 0 aliphatic heterocycles. The van der Waals surface area contributed by atoms with Gasteiger partial charge in [0, 0.05) is 17.2 Å². The van der Waals surface area contributed by atoms with Crippen LogP contribution in [0.25, 0.3) is 11.4 Å². The number of para-hydroxylation sites is 1. The molecule has 12 nitrogen and oxygen atoms in total. The smallest absolute Gasteiger partial charge is 0.273 e. The van der Waals surface area contributed by atoms with E-state index in [-0.39, 0.29) is 40.3 Å². The van der Waals surface area contributed by atoms with Gasteiger partial charge in [-0.3, -0.25) is 4.79 Å². The van der Waals surface area contributed by atoms with Gasteiger partial charge >= 0.3 is 0 Å². The fourth-order valence-electron chi connectivity index (χ4n) is 2.99. The second-order valence-electron chi connectivity index (χ2n) is 6.72. The first-order chi connectivity index (χ1) is 18.2. The summed E-state index contributed by atoms with van der Waals surface area (Å²) >= 11 is 0. The summed E-state index contributed by atoms with van der Waals surface area (Å²) in [7, 11) is 1.40. The molecule has 0 spiro atoms. The number of nitrogens with zero attached hydrogens (tertiary/aromatic N) is 7. The second kappa shape index (κ2) is 10.1. The maximum absolute atomic E-state index is 13.3. The molecule has 3 aromatic heterocycles. The summed E-state index contributed by atoms with van der Waals surface area (Å²) in [6, 6.07) is 11.1. The number of halogens is 1. The summed E-state index contributed by atoms with van der Waals surface area (Å²) in [6.07, 6.45) is 2.02. The number of benzene rings is 1. The molecule has 4 aromatic rings. The van der Waals surface area contributed by atoms with Crippen molar-refractivity contribution in [2.75, 3.05) is 24.7 Å². The van der Waals surface area contributed by atoms with Gasteiger partial charge in [-0.05, 0) is 24.3 Å². The van der Waals surface area contributed by atoms with Crippen molar-refractivity contribution < 1.29 is 18.0 Å². The van der Waals surface area contributed by atoms with E-state index in [0.29, 0.717) is 11.3 Å². The molecule has 0 aliphatic rings. The van der Waals surface area contributed by atoms with E-state index in [1.807, 2.05) is 11.4 Å². The third kappa shape index (κ3) is 5.06. The van der Waals surface area contributed by atoms with Crippen LogP contribution in [-0.2, 0) is 0 Å². The normalized spacial score (nSPS) is 11.9. The summed E-state index contributed by atoms with van der Waals surface area (Å²) in [5, 5.41) is 32.0. The number of ether oxygens (including phenoxy) is 1. The van der Waals surface area contributed by atoms with Gasteiger partial charge < -0.3 is 20.7 Å². The van der Waals surface area contributed by atoms with Crippen LogP contribution in [0.3, 0.4) is 0 Å². The molecule has 0 radical (unpaired) electrons. The first kappa shape index (κ1) is 19.2. The quantitative estimate of drug-likeness (QED) is 0.360. The van der Waals surface area contributed by atoms with Gasteiger partial charge in [0.15, 0.2) is 40.4 Å². The monoisotopic (exact) mass is 475 g/mol. The molecule has 3 N–H and O–H groups in total. The number of nitrogens with one attached hydrogen (secondary N) is 3. The lowest BCUT2D eigenvalue weighted by Gasteiger charge is -2.16. The van der Waals surface area contributed by atoms with Crippen LogP contribution in [0.1, 0.15) is 20.3 Å². The van der Waals surface area contributed by atoms with Gasteiger partial charge in [0.1, 0.15) is 6.07 Å². The van der Waals surface area contributed by atoms with Gasteiger partial charge in [-0.15, -0.1) is 20.4 Å². The summed E-state index contributed by atoms with van der Waals surface area (Å²) < 4.78 is 40.9. The number of hydrogen-bond acceptors (Lipinski definition) is 11. The molecule has 0 saturated carbocycles. The molecule has 13 heteroatoms. The molecule has 0 unspecified atom stereocenters. The zero-order chi connectivity index (χ0) is 27.3. The molecule has 1 amide bonds. The largest absolute Gasteiger partial charge is 0.494 e. The molecule has 0 aliphatic carbocycles. The molecule has 0 fully saturated rings. The number of rotatable bonds is 7. The van der Waals surface area contributed by atoms with E-state index in [4.69, 9.17) is 14.1 Å². The predicted molar refractivity (Wildman–Crippen MR) is 123 cm³/mol. The highest BCUT2D eigenvalue weighted by Crippen LogP contribution is 2.37. The Balaban J connectivity index is 1.74. The summed E-state index contributed by atoms with van der Waals surface area (Å²) in [6.45, 7) is -2.78. The Hall–Kier alpha value is -5.25. The summed E-state index contributed by atoms with van der Waals surface area (Å²) in [5.41, 5.74) is 0.583. The van der Waals surface area contributed by atoms with Crippen LogP contribution in [0.4, 0.5) is 27.4 Å². The number of methoxy groups -OCH3 is 1. The van der Waals surface area contributed by atoms with E-state index in [2.05, 4.69) is 41.0 Å². The first-order valence-corrected chi connectivity index (χ1v) is 9.80. The van der Waals surface area contributed by atoms with Crippen LogP contribution in [0, 0.1) is 17.1 Å². The fourth-order valence-corrected chi connectivity index (χ4v) is 2.99. The van der Waals surface area contributed by atoms with Crippen molar-refractivity contribution in [3.05, 3.63) is 66.0 Å². The Bertz CT molecular complexity index is 1510. The van der Waals surface area contributed by atoms with Gasteiger partial charge in [-0.2, -0.15) is 5.26 Å². The van der Waals surface area contributed by atoms with Crippen LogP contribution in [0.15, 0.2) is 48.8 Å². The minimum absolute atomic E-state index is 0.0568. The highest BCUT2D eigenvalue weighted by atomic mass is 19.1. The van der Waals surface area contributed by atoms with E-state index in [1.165, 1.54) is 25.3 Å². The molecule has 174 valence electrons. The number of carbonyl (C=O) groups excluding carboxylic acids is 1. The van der Waals surface area contributed by atoms with Crippen molar-refractivity contribution in [1.29, 1.82) is 5.26 Å². The molecular formula is C22H17FN10O2. The molecule has 4 rings (SSSR count). The van der Waals surface area contributed by atoms with Crippen molar-refractivity contribution in [3.8, 4) is 23.2 Å². The van der Waals surface area contributed by atoms with E-state index in [1.54, 1.807) is 18.2 Å². The molecule has 3 heterocycles. The third-order valence-corrected chi connectivity index (χ3v) is 4.51. The van der Waals surface area contributed by atoms with Gasteiger partial charge in [0.05, 0.1) is 36.4 Å². The Labute approximate surface area is 202 Å². The van der Waals surface area contributed by atoms with Crippen LogP contribution in [0.2, 0.25) is 0 Å². The SMILES string of the molecule is [2H]C([2H])([2H])NC(=O)c1nnc(Nc2ccc(C#N)nn2)cc1Nc1cccc(-c2ncc(F)cn2)c1OC. The predicted octanol–water partition coefficient (Wildman–Crippen LogP) is 2.59. The van der Waals surface area contributed by atoms with Gasteiger partial charge in [-0.25, -0.2) is 14.4 Å². The molecule has 35 heavy (non-hydrogen) atoms. The number of amides is 1. The average molecular weight is 475 g/mol. The zero-order valence-electron chi connectivity index (χ0n) is 20.9. The van der Waals surface area contributed by atoms with Crippen molar-refractivity contribution in [3.63, 3.8) is 0 Å². The molecule has 0 atom stereocenters. The van der Waals surface area contributed by atoms with Crippen LogP contribution >= 0.6 is 0 Å². The minimum atomic E-state index is -2.78. The van der Waals surface area contributed by atoms with E-state index < -0.39 is 18.7 Å². The lowest BCUT2D eigenvalue weighted by atomic mass is 10.1. The Morgan fingerprint density at radius 1 is 1.06 bits per heavy atom. The minimum Gasteiger partial charge on any atom is -0.494 e. The van der Waals surface area contributed by atoms with Crippen molar-refractivity contribution in [2.45, 2.75) is 0 Å². The number of aromatic nitrogens is 6. The Morgan fingerprint density at radius 2 is 1.86 bits per heavy atom. The highest BCUT2D eigenvalue weighted by molar-refractivity contribution is 5.99. The zero-order valence-corrected chi connectivity index (χ0v) is 17.9.